The number of aromatic nitrogens is 2. The summed E-state index contributed by atoms with van der Waals surface area (Å²) in [4.78, 5) is 4.54. The Morgan fingerprint density at radius 3 is 2.41 bits per heavy atom. The van der Waals surface area contributed by atoms with Gasteiger partial charge < -0.3 is 10.3 Å². The summed E-state index contributed by atoms with van der Waals surface area (Å²) in [5.74, 6) is 0.819. The summed E-state index contributed by atoms with van der Waals surface area (Å²) in [6, 6.07) is 6.20. The summed E-state index contributed by atoms with van der Waals surface area (Å²) in [5, 5.41) is 4.05. The molecule has 0 aliphatic heterocycles. The molecule has 0 bridgehead atoms. The predicted octanol–water partition coefficient (Wildman–Crippen LogP) is 3.70. The van der Waals surface area contributed by atoms with Gasteiger partial charge in [-0.2, -0.15) is 4.98 Å². The van der Waals surface area contributed by atoms with Gasteiger partial charge in [0, 0.05) is 11.6 Å². The lowest BCUT2D eigenvalue weighted by molar-refractivity contribution is 0.154. The van der Waals surface area contributed by atoms with E-state index in [-0.39, 0.29) is 35.1 Å². The molecule has 6 heteroatoms. The van der Waals surface area contributed by atoms with Crippen LogP contribution in [-0.2, 0) is 5.41 Å². The lowest BCUT2D eigenvalue weighted by Gasteiger charge is -2.37. The molecular formula is C16H21ClFN3O. The number of hydrogen-bond donors (Lipinski definition) is 1. The number of benzene rings is 1. The second-order valence-corrected chi connectivity index (χ2v) is 6.63. The van der Waals surface area contributed by atoms with Crippen LogP contribution in [0.1, 0.15) is 39.5 Å². The monoisotopic (exact) mass is 325 g/mol. The van der Waals surface area contributed by atoms with Crippen LogP contribution in [0.2, 0.25) is 0 Å². The largest absolute Gasteiger partial charge is 0.338 e. The van der Waals surface area contributed by atoms with Crippen LogP contribution < -0.4 is 5.73 Å². The van der Waals surface area contributed by atoms with Crippen LogP contribution in [0.25, 0.3) is 11.4 Å². The third-order valence-corrected chi connectivity index (χ3v) is 5.30. The van der Waals surface area contributed by atoms with Gasteiger partial charge in [0.05, 0.1) is 5.41 Å². The predicted molar refractivity (Wildman–Crippen MR) is 85.3 cm³/mol. The third kappa shape index (κ3) is 2.42. The zero-order valence-corrected chi connectivity index (χ0v) is 13.8. The molecule has 3 rings (SSSR count). The van der Waals surface area contributed by atoms with Gasteiger partial charge in [-0.05, 0) is 42.5 Å². The van der Waals surface area contributed by atoms with Crippen molar-refractivity contribution in [1.29, 1.82) is 0 Å². The molecule has 22 heavy (non-hydrogen) atoms. The molecule has 1 heterocycles. The Labute approximate surface area is 135 Å². The van der Waals surface area contributed by atoms with Crippen molar-refractivity contribution >= 4 is 12.4 Å². The topological polar surface area (TPSA) is 64.9 Å². The molecule has 2 aromatic rings. The Morgan fingerprint density at radius 1 is 1.23 bits per heavy atom. The van der Waals surface area contributed by atoms with E-state index >= 15 is 0 Å². The first-order valence-electron chi connectivity index (χ1n) is 7.20. The van der Waals surface area contributed by atoms with E-state index in [0.29, 0.717) is 11.7 Å². The maximum Gasteiger partial charge on any atom is 0.233 e. The molecule has 0 radical (unpaired) electrons. The molecule has 0 spiro atoms. The molecular weight excluding hydrogens is 305 g/mol. The Balaban J connectivity index is 0.00000176. The maximum atomic E-state index is 13.0. The zero-order valence-electron chi connectivity index (χ0n) is 13.0. The molecule has 0 unspecified atom stereocenters. The molecule has 1 aromatic heterocycles. The summed E-state index contributed by atoms with van der Waals surface area (Å²) in [5.41, 5.74) is 6.62. The van der Waals surface area contributed by atoms with Gasteiger partial charge in [0.2, 0.25) is 11.7 Å². The molecule has 1 aromatic carbocycles. The summed E-state index contributed by atoms with van der Waals surface area (Å²) in [6.45, 7) is 6.42. The van der Waals surface area contributed by atoms with Crippen molar-refractivity contribution in [2.24, 2.45) is 11.1 Å². The second-order valence-electron chi connectivity index (χ2n) is 6.63. The fourth-order valence-corrected chi connectivity index (χ4v) is 3.08. The van der Waals surface area contributed by atoms with E-state index < -0.39 is 0 Å². The van der Waals surface area contributed by atoms with Gasteiger partial charge in [-0.25, -0.2) is 4.39 Å². The van der Waals surface area contributed by atoms with E-state index in [9.17, 15) is 4.39 Å². The van der Waals surface area contributed by atoms with Crippen molar-refractivity contribution in [2.75, 3.05) is 0 Å². The number of halogens is 2. The fraction of sp³-hybridized carbons (Fsp3) is 0.500. The van der Waals surface area contributed by atoms with Gasteiger partial charge in [0.15, 0.2) is 0 Å². The van der Waals surface area contributed by atoms with Gasteiger partial charge in [0.1, 0.15) is 5.82 Å². The molecule has 1 fully saturated rings. The highest BCUT2D eigenvalue weighted by Crippen LogP contribution is 2.52. The minimum Gasteiger partial charge on any atom is -0.338 e. The first-order chi connectivity index (χ1) is 9.84. The SMILES string of the molecule is CC1(C)[C@H](N)CC[C@]1(C)c1nc(-c2ccc(F)cc2)no1.Cl. The number of nitrogens with two attached hydrogens (primary N) is 1. The van der Waals surface area contributed by atoms with Crippen molar-refractivity contribution in [2.45, 2.75) is 45.1 Å². The second kappa shape index (κ2) is 5.63. The van der Waals surface area contributed by atoms with Crippen molar-refractivity contribution in [1.82, 2.24) is 10.1 Å². The summed E-state index contributed by atoms with van der Waals surface area (Å²) in [6.07, 6.45) is 1.87. The highest BCUT2D eigenvalue weighted by Gasteiger charge is 2.54. The number of nitrogens with zero attached hydrogens (tertiary/aromatic N) is 2. The smallest absolute Gasteiger partial charge is 0.233 e. The van der Waals surface area contributed by atoms with Gasteiger partial charge in [0.25, 0.3) is 0 Å². The highest BCUT2D eigenvalue weighted by atomic mass is 35.5. The van der Waals surface area contributed by atoms with Crippen LogP contribution in [0.4, 0.5) is 4.39 Å². The van der Waals surface area contributed by atoms with Gasteiger partial charge in [-0.3, -0.25) is 0 Å². The lowest BCUT2D eigenvalue weighted by Crippen LogP contribution is -2.44. The maximum absolute atomic E-state index is 13.0. The van der Waals surface area contributed by atoms with Crippen LogP contribution >= 0.6 is 12.4 Å². The molecule has 0 amide bonds. The fourth-order valence-electron chi connectivity index (χ4n) is 3.08. The zero-order chi connectivity index (χ0) is 15.3. The average Bonchev–Trinajstić information content (AvgIpc) is 3.01. The third-order valence-electron chi connectivity index (χ3n) is 5.30. The van der Waals surface area contributed by atoms with Gasteiger partial charge >= 0.3 is 0 Å². The van der Waals surface area contributed by atoms with Crippen molar-refractivity contribution in [3.05, 3.63) is 36.0 Å². The van der Waals surface area contributed by atoms with E-state index in [1.165, 1.54) is 12.1 Å². The van der Waals surface area contributed by atoms with E-state index in [1.807, 2.05) is 0 Å². The minimum absolute atomic E-state index is 0. The molecule has 1 saturated carbocycles. The molecule has 1 aliphatic carbocycles. The van der Waals surface area contributed by atoms with E-state index in [1.54, 1.807) is 12.1 Å². The van der Waals surface area contributed by atoms with Crippen molar-refractivity contribution < 1.29 is 8.91 Å². The first kappa shape index (κ1) is 16.9. The normalized spacial score (nSPS) is 26.7. The molecule has 2 atom stereocenters. The Hall–Kier alpha value is -1.46. The van der Waals surface area contributed by atoms with Gasteiger partial charge in [-0.15, -0.1) is 12.4 Å². The van der Waals surface area contributed by atoms with Crippen LogP contribution in [0, 0.1) is 11.2 Å². The standard InChI is InChI=1S/C16H20FN3O.ClH/c1-15(2)12(18)8-9-16(15,3)14-19-13(20-21-14)10-4-6-11(17)7-5-10;/h4-7,12H,8-9,18H2,1-3H3;1H/t12-,16-;/m1./s1. The van der Waals surface area contributed by atoms with Crippen molar-refractivity contribution in [3.63, 3.8) is 0 Å². The Bertz CT molecular complexity index is 656. The Morgan fingerprint density at radius 2 is 1.86 bits per heavy atom. The highest BCUT2D eigenvalue weighted by molar-refractivity contribution is 5.85. The van der Waals surface area contributed by atoms with E-state index in [0.717, 1.165) is 18.4 Å². The molecule has 120 valence electrons. The van der Waals surface area contributed by atoms with E-state index in [4.69, 9.17) is 10.3 Å². The minimum atomic E-state index is -0.280. The Kier molecular flexibility index (Phi) is 4.33. The van der Waals surface area contributed by atoms with Crippen LogP contribution in [0.3, 0.4) is 0 Å². The molecule has 1 aliphatic rings. The quantitative estimate of drug-likeness (QED) is 0.914. The molecule has 4 nitrogen and oxygen atoms in total. The lowest BCUT2D eigenvalue weighted by atomic mass is 9.68. The number of hydrogen-bond acceptors (Lipinski definition) is 4. The average molecular weight is 326 g/mol. The summed E-state index contributed by atoms with van der Waals surface area (Å²) in [7, 11) is 0. The summed E-state index contributed by atoms with van der Waals surface area (Å²) >= 11 is 0. The van der Waals surface area contributed by atoms with Crippen LogP contribution in [0.5, 0.6) is 0 Å². The van der Waals surface area contributed by atoms with Crippen LogP contribution in [0.15, 0.2) is 28.8 Å². The molecule has 0 saturated heterocycles. The number of rotatable bonds is 2. The van der Waals surface area contributed by atoms with Crippen LogP contribution in [-0.4, -0.2) is 16.2 Å². The summed E-state index contributed by atoms with van der Waals surface area (Å²) < 4.78 is 18.5. The molecule has 2 N–H and O–H groups in total. The van der Waals surface area contributed by atoms with Crippen molar-refractivity contribution in [3.8, 4) is 11.4 Å². The van der Waals surface area contributed by atoms with E-state index in [2.05, 4.69) is 30.9 Å². The first-order valence-corrected chi connectivity index (χ1v) is 7.20. The van der Waals surface area contributed by atoms with Gasteiger partial charge in [-0.1, -0.05) is 25.9 Å².